The number of aromatic nitrogens is 2. The van der Waals surface area contributed by atoms with Crippen LogP contribution in [0.3, 0.4) is 0 Å². The molecule has 0 saturated carbocycles. The van der Waals surface area contributed by atoms with Crippen molar-refractivity contribution in [3.8, 4) is 0 Å². The number of aryl methyl sites for hydroxylation is 1. The Hall–Kier alpha value is -2.63. The number of carbonyl (C=O) groups is 2. The first-order valence-electron chi connectivity index (χ1n) is 7.24. The molecule has 6 heteroatoms. The Morgan fingerprint density at radius 3 is 2.77 bits per heavy atom. The largest absolute Gasteiger partial charge is 0.338 e. The zero-order valence-corrected chi connectivity index (χ0v) is 12.4. The molecule has 3 rings (SSSR count). The smallest absolute Gasteiger partial charge is 0.230 e. The molecule has 0 radical (unpaired) electrons. The van der Waals surface area contributed by atoms with Crippen LogP contribution in [0.25, 0.3) is 0 Å². The van der Waals surface area contributed by atoms with Gasteiger partial charge in [-0.2, -0.15) is 5.10 Å². The van der Waals surface area contributed by atoms with E-state index in [0.717, 1.165) is 5.56 Å². The molecule has 1 atom stereocenters. The minimum absolute atomic E-state index is 0.0185. The molecule has 1 aromatic carbocycles. The highest BCUT2D eigenvalue weighted by Crippen LogP contribution is 2.21. The van der Waals surface area contributed by atoms with Crippen molar-refractivity contribution < 1.29 is 9.59 Å². The molecular weight excluding hydrogens is 280 g/mol. The van der Waals surface area contributed by atoms with Crippen molar-refractivity contribution in [3.05, 3.63) is 48.2 Å². The first-order valence-corrected chi connectivity index (χ1v) is 7.24. The number of carbonyl (C=O) groups excluding carboxylic acids is 2. The van der Waals surface area contributed by atoms with Crippen LogP contribution in [0.4, 0.5) is 5.82 Å². The maximum absolute atomic E-state index is 12.2. The lowest BCUT2D eigenvalue weighted by Crippen LogP contribution is -2.28. The quantitative estimate of drug-likeness (QED) is 0.928. The summed E-state index contributed by atoms with van der Waals surface area (Å²) >= 11 is 0. The van der Waals surface area contributed by atoms with Crippen molar-refractivity contribution in [2.24, 2.45) is 13.0 Å². The first-order chi connectivity index (χ1) is 10.6. The number of nitrogens with zero attached hydrogens (tertiary/aromatic N) is 3. The number of benzene rings is 1. The molecule has 6 nitrogen and oxygen atoms in total. The second-order valence-corrected chi connectivity index (χ2v) is 5.52. The molecule has 1 saturated heterocycles. The maximum atomic E-state index is 12.2. The van der Waals surface area contributed by atoms with Crippen LogP contribution in [0, 0.1) is 5.92 Å². The van der Waals surface area contributed by atoms with E-state index < -0.39 is 0 Å². The van der Waals surface area contributed by atoms with Crippen molar-refractivity contribution in [1.29, 1.82) is 0 Å². The Morgan fingerprint density at radius 1 is 1.32 bits per heavy atom. The van der Waals surface area contributed by atoms with E-state index in [1.165, 1.54) is 0 Å². The van der Waals surface area contributed by atoms with E-state index in [-0.39, 0.29) is 24.2 Å². The summed E-state index contributed by atoms with van der Waals surface area (Å²) in [5, 5.41) is 6.87. The number of rotatable bonds is 4. The number of likely N-dealkylation sites (tertiary alicyclic amines) is 1. The third kappa shape index (κ3) is 3.16. The van der Waals surface area contributed by atoms with Crippen molar-refractivity contribution in [2.45, 2.75) is 13.0 Å². The summed E-state index contributed by atoms with van der Waals surface area (Å²) in [7, 11) is 1.79. The molecule has 1 aliphatic heterocycles. The molecule has 22 heavy (non-hydrogen) atoms. The van der Waals surface area contributed by atoms with Crippen LogP contribution in [0.5, 0.6) is 0 Å². The zero-order valence-electron chi connectivity index (χ0n) is 12.4. The van der Waals surface area contributed by atoms with Crippen LogP contribution in [-0.4, -0.2) is 33.0 Å². The monoisotopic (exact) mass is 298 g/mol. The van der Waals surface area contributed by atoms with E-state index in [9.17, 15) is 9.59 Å². The van der Waals surface area contributed by atoms with Gasteiger partial charge < -0.3 is 10.2 Å². The maximum Gasteiger partial charge on any atom is 0.230 e. The number of amides is 2. The second kappa shape index (κ2) is 6.01. The summed E-state index contributed by atoms with van der Waals surface area (Å²) in [6.07, 6.45) is 2.02. The molecular formula is C16H18N4O2. The van der Waals surface area contributed by atoms with Gasteiger partial charge in [0.25, 0.3) is 0 Å². The molecule has 1 N–H and O–H groups in total. The lowest BCUT2D eigenvalue weighted by Gasteiger charge is -2.16. The summed E-state index contributed by atoms with van der Waals surface area (Å²) in [4.78, 5) is 26.0. The van der Waals surface area contributed by atoms with Crippen LogP contribution in [-0.2, 0) is 23.2 Å². The predicted octanol–water partition coefficient (Wildman–Crippen LogP) is 1.41. The van der Waals surface area contributed by atoms with Crippen molar-refractivity contribution in [1.82, 2.24) is 14.7 Å². The topological polar surface area (TPSA) is 67.2 Å². The third-order valence-corrected chi connectivity index (χ3v) is 3.77. The minimum Gasteiger partial charge on any atom is -0.338 e. The van der Waals surface area contributed by atoms with Crippen LogP contribution in [0.2, 0.25) is 0 Å². The van der Waals surface area contributed by atoms with E-state index >= 15 is 0 Å². The highest BCUT2D eigenvalue weighted by molar-refractivity contribution is 5.96. The molecule has 0 bridgehead atoms. The highest BCUT2D eigenvalue weighted by Gasteiger charge is 2.34. The van der Waals surface area contributed by atoms with Gasteiger partial charge >= 0.3 is 0 Å². The van der Waals surface area contributed by atoms with E-state index in [2.05, 4.69) is 10.4 Å². The first kappa shape index (κ1) is 14.3. The summed E-state index contributed by atoms with van der Waals surface area (Å²) in [6, 6.07) is 11.5. The fraction of sp³-hybridized carbons (Fsp3) is 0.312. The molecule has 0 spiro atoms. The van der Waals surface area contributed by atoms with Crippen molar-refractivity contribution in [3.63, 3.8) is 0 Å². The summed E-state index contributed by atoms with van der Waals surface area (Å²) in [5.74, 6) is 0.0623. The number of hydrogen-bond acceptors (Lipinski definition) is 3. The van der Waals surface area contributed by atoms with Gasteiger partial charge in [-0.3, -0.25) is 14.3 Å². The molecule has 2 heterocycles. The summed E-state index contributed by atoms with van der Waals surface area (Å²) in [6.45, 7) is 0.999. The van der Waals surface area contributed by atoms with Crippen LogP contribution < -0.4 is 5.32 Å². The van der Waals surface area contributed by atoms with E-state index in [0.29, 0.717) is 18.9 Å². The van der Waals surface area contributed by atoms with Gasteiger partial charge in [-0.25, -0.2) is 0 Å². The third-order valence-electron chi connectivity index (χ3n) is 3.77. The average molecular weight is 298 g/mol. The molecule has 1 aromatic heterocycles. The molecule has 2 amide bonds. The number of nitrogens with one attached hydrogen (secondary N) is 1. The Balaban J connectivity index is 1.60. The van der Waals surface area contributed by atoms with Gasteiger partial charge in [-0.15, -0.1) is 0 Å². The molecule has 2 aromatic rings. The van der Waals surface area contributed by atoms with Crippen LogP contribution in [0.15, 0.2) is 42.6 Å². The van der Waals surface area contributed by atoms with Gasteiger partial charge in [-0.1, -0.05) is 30.3 Å². The van der Waals surface area contributed by atoms with E-state index in [4.69, 9.17) is 0 Å². The second-order valence-electron chi connectivity index (χ2n) is 5.52. The Labute approximate surface area is 128 Å². The Kier molecular flexibility index (Phi) is 3.91. The minimum atomic E-state index is -0.321. The summed E-state index contributed by atoms with van der Waals surface area (Å²) < 4.78 is 1.62. The van der Waals surface area contributed by atoms with Gasteiger partial charge in [0.1, 0.15) is 0 Å². The van der Waals surface area contributed by atoms with E-state index in [1.54, 1.807) is 28.9 Å². The van der Waals surface area contributed by atoms with Crippen molar-refractivity contribution in [2.75, 3.05) is 11.9 Å². The fourth-order valence-electron chi connectivity index (χ4n) is 2.61. The predicted molar refractivity (Wildman–Crippen MR) is 81.8 cm³/mol. The molecule has 0 unspecified atom stereocenters. The lowest BCUT2D eigenvalue weighted by molar-refractivity contribution is -0.128. The van der Waals surface area contributed by atoms with Crippen LogP contribution >= 0.6 is 0 Å². The van der Waals surface area contributed by atoms with Crippen molar-refractivity contribution >= 4 is 17.6 Å². The average Bonchev–Trinajstić information content (AvgIpc) is 3.07. The molecule has 1 aliphatic rings. The van der Waals surface area contributed by atoms with Gasteiger partial charge in [-0.05, 0) is 5.56 Å². The summed E-state index contributed by atoms with van der Waals surface area (Å²) in [5.41, 5.74) is 1.07. The fourth-order valence-corrected chi connectivity index (χ4v) is 2.61. The SMILES string of the molecule is Cn1ccc(NC(=O)[C@@H]2CC(=O)N(Cc3ccccc3)C2)n1. The van der Waals surface area contributed by atoms with Gasteiger partial charge in [0.2, 0.25) is 11.8 Å². The lowest BCUT2D eigenvalue weighted by atomic mass is 10.1. The zero-order chi connectivity index (χ0) is 15.5. The number of anilines is 1. The Morgan fingerprint density at radius 2 is 2.09 bits per heavy atom. The Bertz CT molecular complexity index is 680. The molecule has 0 aliphatic carbocycles. The molecule has 114 valence electrons. The normalized spacial score (nSPS) is 17.8. The van der Waals surface area contributed by atoms with Gasteiger partial charge in [0, 0.05) is 38.8 Å². The number of hydrogen-bond donors (Lipinski definition) is 1. The molecule has 1 fully saturated rings. The van der Waals surface area contributed by atoms with Gasteiger partial charge in [0.15, 0.2) is 5.82 Å². The van der Waals surface area contributed by atoms with Gasteiger partial charge in [0.05, 0.1) is 5.92 Å². The standard InChI is InChI=1S/C16H18N4O2/c1-19-8-7-14(18-19)17-16(22)13-9-15(21)20(11-13)10-12-5-3-2-4-6-12/h2-8,13H,9-11H2,1H3,(H,17,18,22)/t13-/m1/s1. The van der Waals surface area contributed by atoms with Crippen LogP contribution in [0.1, 0.15) is 12.0 Å². The highest BCUT2D eigenvalue weighted by atomic mass is 16.2. The van der Waals surface area contributed by atoms with E-state index in [1.807, 2.05) is 30.3 Å².